The van der Waals surface area contributed by atoms with E-state index in [1.165, 1.54) is 12.1 Å². The van der Waals surface area contributed by atoms with E-state index in [2.05, 4.69) is 5.32 Å². The van der Waals surface area contributed by atoms with Gasteiger partial charge in [0.05, 0.1) is 4.92 Å². The van der Waals surface area contributed by atoms with E-state index < -0.39 is 4.92 Å². The molecule has 74 valence electrons. The molecule has 0 aliphatic carbocycles. The fourth-order valence-electron chi connectivity index (χ4n) is 1.06. The van der Waals surface area contributed by atoms with Crippen LogP contribution in [0.25, 0.3) is 0 Å². The van der Waals surface area contributed by atoms with Gasteiger partial charge in [0.15, 0.2) is 0 Å². The highest BCUT2D eigenvalue weighted by Gasteiger charge is 2.02. The number of amides is 1. The molecule has 1 amide bonds. The lowest BCUT2D eigenvalue weighted by Gasteiger charge is -1.99. The van der Waals surface area contributed by atoms with Gasteiger partial charge >= 0.3 is 0 Å². The van der Waals surface area contributed by atoms with Crippen LogP contribution in [-0.4, -0.2) is 17.9 Å². The number of nitro groups is 1. The zero-order valence-corrected chi connectivity index (χ0v) is 7.47. The minimum absolute atomic E-state index is 0.0806. The van der Waals surface area contributed by atoms with Gasteiger partial charge in [-0.15, -0.1) is 0 Å². The van der Waals surface area contributed by atoms with Gasteiger partial charge in [0.25, 0.3) is 5.69 Å². The van der Waals surface area contributed by atoms with Gasteiger partial charge < -0.3 is 5.32 Å². The van der Waals surface area contributed by atoms with Crippen LogP contribution in [0.15, 0.2) is 24.3 Å². The summed E-state index contributed by atoms with van der Waals surface area (Å²) in [6.45, 7) is 0.543. The van der Waals surface area contributed by atoms with Crippen LogP contribution in [0.5, 0.6) is 0 Å². The fourth-order valence-corrected chi connectivity index (χ4v) is 1.06. The Morgan fingerprint density at radius 1 is 1.36 bits per heavy atom. The van der Waals surface area contributed by atoms with Gasteiger partial charge in [-0.1, -0.05) is 12.1 Å². The lowest BCUT2D eigenvalue weighted by Crippen LogP contribution is -2.14. The summed E-state index contributed by atoms with van der Waals surface area (Å²) in [6, 6.07) is 6.28. The van der Waals surface area contributed by atoms with Crippen LogP contribution < -0.4 is 5.32 Å². The first kappa shape index (κ1) is 10.2. The van der Waals surface area contributed by atoms with Gasteiger partial charge in [-0.25, -0.2) is 0 Å². The summed E-state index contributed by atoms with van der Waals surface area (Å²) in [5, 5.41) is 12.8. The van der Waals surface area contributed by atoms with E-state index >= 15 is 0 Å². The standard InChI is InChI=1S/C9H10N2O3/c12-7-10-6-5-8-1-3-9(4-2-8)11(13)14/h1-4,7H,5-6H2,(H,10,12). The van der Waals surface area contributed by atoms with Crippen molar-refractivity contribution in [2.24, 2.45) is 0 Å². The van der Waals surface area contributed by atoms with Gasteiger partial charge in [0, 0.05) is 18.7 Å². The zero-order valence-electron chi connectivity index (χ0n) is 7.47. The van der Waals surface area contributed by atoms with Gasteiger partial charge in [0.2, 0.25) is 6.41 Å². The van der Waals surface area contributed by atoms with E-state index in [1.807, 2.05) is 0 Å². The Hall–Kier alpha value is -1.91. The maximum atomic E-state index is 10.3. The number of hydrogen-bond acceptors (Lipinski definition) is 3. The molecule has 1 aromatic carbocycles. The Morgan fingerprint density at radius 3 is 2.50 bits per heavy atom. The van der Waals surface area contributed by atoms with Crippen molar-refractivity contribution in [3.8, 4) is 0 Å². The highest BCUT2D eigenvalue weighted by Crippen LogP contribution is 2.11. The molecule has 1 aromatic rings. The third kappa shape index (κ3) is 2.85. The quantitative estimate of drug-likeness (QED) is 0.327. The first-order valence-corrected chi connectivity index (χ1v) is 4.14. The molecule has 0 saturated heterocycles. The second-order valence-electron chi connectivity index (χ2n) is 2.75. The van der Waals surface area contributed by atoms with Crippen molar-refractivity contribution in [2.75, 3.05) is 6.54 Å². The number of hydrogen-bond donors (Lipinski definition) is 1. The lowest BCUT2D eigenvalue weighted by molar-refractivity contribution is -0.384. The topological polar surface area (TPSA) is 72.2 Å². The third-order valence-corrected chi connectivity index (χ3v) is 1.79. The van der Waals surface area contributed by atoms with E-state index in [4.69, 9.17) is 0 Å². The average Bonchev–Trinajstić information content (AvgIpc) is 2.19. The fraction of sp³-hybridized carbons (Fsp3) is 0.222. The Labute approximate surface area is 80.9 Å². The largest absolute Gasteiger partial charge is 0.358 e. The third-order valence-electron chi connectivity index (χ3n) is 1.79. The lowest BCUT2D eigenvalue weighted by atomic mass is 10.1. The van der Waals surface area contributed by atoms with Crippen LogP contribution in [0, 0.1) is 10.1 Å². The van der Waals surface area contributed by atoms with Crippen LogP contribution in [0.1, 0.15) is 5.56 Å². The minimum atomic E-state index is -0.437. The Bertz CT molecular complexity index is 321. The molecule has 0 aliphatic heterocycles. The van der Waals surface area contributed by atoms with Crippen LogP contribution >= 0.6 is 0 Å². The van der Waals surface area contributed by atoms with Crippen molar-refractivity contribution in [1.29, 1.82) is 0 Å². The van der Waals surface area contributed by atoms with Crippen molar-refractivity contribution in [3.63, 3.8) is 0 Å². The summed E-state index contributed by atoms with van der Waals surface area (Å²) in [6.07, 6.45) is 1.31. The van der Waals surface area contributed by atoms with Crippen molar-refractivity contribution >= 4 is 12.1 Å². The van der Waals surface area contributed by atoms with E-state index in [0.717, 1.165) is 5.56 Å². The molecule has 1 N–H and O–H groups in total. The van der Waals surface area contributed by atoms with Crippen molar-refractivity contribution in [3.05, 3.63) is 39.9 Å². The van der Waals surface area contributed by atoms with Crippen molar-refractivity contribution < 1.29 is 9.72 Å². The first-order valence-electron chi connectivity index (χ1n) is 4.14. The number of nitrogens with one attached hydrogen (secondary N) is 1. The molecule has 14 heavy (non-hydrogen) atoms. The monoisotopic (exact) mass is 194 g/mol. The Balaban J connectivity index is 2.55. The number of non-ortho nitro benzene ring substituents is 1. The molecular weight excluding hydrogens is 184 g/mol. The SMILES string of the molecule is O=CNCCc1ccc([N+](=O)[O-])cc1. The predicted octanol–water partition coefficient (Wildman–Crippen LogP) is 0.883. The summed E-state index contributed by atoms with van der Waals surface area (Å²) in [7, 11) is 0. The number of rotatable bonds is 5. The molecule has 0 radical (unpaired) electrons. The maximum Gasteiger partial charge on any atom is 0.269 e. The molecule has 0 aliphatic rings. The smallest absolute Gasteiger partial charge is 0.269 e. The van der Waals surface area contributed by atoms with E-state index in [0.29, 0.717) is 19.4 Å². The van der Waals surface area contributed by atoms with Crippen LogP contribution in [-0.2, 0) is 11.2 Å². The second kappa shape index (κ2) is 4.96. The number of nitrogens with zero attached hydrogens (tertiary/aromatic N) is 1. The summed E-state index contributed by atoms with van der Waals surface area (Å²) in [5.74, 6) is 0. The molecule has 0 aromatic heterocycles. The zero-order chi connectivity index (χ0) is 10.4. The summed E-state index contributed by atoms with van der Waals surface area (Å²) < 4.78 is 0. The molecule has 5 heteroatoms. The molecule has 5 nitrogen and oxygen atoms in total. The van der Waals surface area contributed by atoms with Crippen molar-refractivity contribution in [1.82, 2.24) is 5.32 Å². The second-order valence-corrected chi connectivity index (χ2v) is 2.75. The van der Waals surface area contributed by atoms with Gasteiger partial charge in [-0.2, -0.15) is 0 Å². The van der Waals surface area contributed by atoms with Gasteiger partial charge in [0.1, 0.15) is 0 Å². The van der Waals surface area contributed by atoms with E-state index in [9.17, 15) is 14.9 Å². The van der Waals surface area contributed by atoms with E-state index in [1.54, 1.807) is 12.1 Å². The molecule has 0 saturated carbocycles. The average molecular weight is 194 g/mol. The normalized spacial score (nSPS) is 9.43. The Kier molecular flexibility index (Phi) is 3.60. The Morgan fingerprint density at radius 2 is 2.00 bits per heavy atom. The van der Waals surface area contributed by atoms with Crippen LogP contribution in [0.2, 0.25) is 0 Å². The number of carbonyl (C=O) groups is 1. The highest BCUT2D eigenvalue weighted by atomic mass is 16.6. The number of carbonyl (C=O) groups excluding carboxylic acids is 1. The number of benzene rings is 1. The summed E-state index contributed by atoms with van der Waals surface area (Å²) in [5.41, 5.74) is 1.04. The molecule has 0 heterocycles. The predicted molar refractivity (Wildman–Crippen MR) is 50.9 cm³/mol. The summed E-state index contributed by atoms with van der Waals surface area (Å²) >= 11 is 0. The van der Waals surface area contributed by atoms with E-state index in [-0.39, 0.29) is 5.69 Å². The van der Waals surface area contributed by atoms with Crippen molar-refractivity contribution in [2.45, 2.75) is 6.42 Å². The first-order chi connectivity index (χ1) is 6.74. The van der Waals surface area contributed by atoms with Crippen LogP contribution in [0.4, 0.5) is 5.69 Å². The highest BCUT2D eigenvalue weighted by molar-refractivity contribution is 5.45. The molecular formula is C9H10N2O3. The van der Waals surface area contributed by atoms with Crippen LogP contribution in [0.3, 0.4) is 0 Å². The number of nitro benzene ring substituents is 1. The minimum Gasteiger partial charge on any atom is -0.358 e. The molecule has 0 spiro atoms. The van der Waals surface area contributed by atoms with Gasteiger partial charge in [-0.05, 0) is 12.0 Å². The molecule has 0 unspecified atom stereocenters. The maximum absolute atomic E-state index is 10.3. The molecule has 0 fully saturated rings. The molecule has 0 bridgehead atoms. The summed E-state index contributed by atoms with van der Waals surface area (Å²) in [4.78, 5) is 19.8. The van der Waals surface area contributed by atoms with Gasteiger partial charge in [-0.3, -0.25) is 14.9 Å². The molecule has 0 atom stereocenters. The molecule has 1 rings (SSSR count).